The van der Waals surface area contributed by atoms with Gasteiger partial charge >= 0.3 is 0 Å². The highest BCUT2D eigenvalue weighted by Gasteiger charge is 2.09. The molecule has 0 aromatic heterocycles. The van der Waals surface area contributed by atoms with Gasteiger partial charge in [-0.1, -0.05) is 12.1 Å². The summed E-state index contributed by atoms with van der Waals surface area (Å²) in [6, 6.07) is 6.90. The predicted molar refractivity (Wildman–Crippen MR) is 70.1 cm³/mol. The van der Waals surface area contributed by atoms with Gasteiger partial charge in [-0.25, -0.2) is 0 Å². The predicted octanol–water partition coefficient (Wildman–Crippen LogP) is 1.03. The Morgan fingerprint density at radius 1 is 1.18 bits per heavy atom. The topological polar surface area (TPSA) is 84.2 Å². The van der Waals surface area contributed by atoms with Crippen LogP contribution in [0.3, 0.4) is 0 Å². The summed E-state index contributed by atoms with van der Waals surface area (Å²) in [5, 5.41) is 9.13. The van der Waals surface area contributed by atoms with Crippen LogP contribution in [0.5, 0.6) is 5.75 Å². The van der Waals surface area contributed by atoms with Crippen molar-refractivity contribution in [1.29, 1.82) is 0 Å². The van der Waals surface area contributed by atoms with Crippen LogP contribution < -0.4 is 0 Å². The highest BCUT2D eigenvalue weighted by Crippen LogP contribution is 2.25. The first-order valence-electron chi connectivity index (χ1n) is 5.14. The van der Waals surface area contributed by atoms with Gasteiger partial charge < -0.3 is 19.8 Å². The van der Waals surface area contributed by atoms with E-state index in [0.717, 1.165) is 12.0 Å². The van der Waals surface area contributed by atoms with Crippen molar-refractivity contribution >= 4 is 17.2 Å². The lowest BCUT2D eigenvalue weighted by molar-refractivity contribution is 0.343. The lowest BCUT2D eigenvalue weighted by Gasteiger charge is -2.21. The fraction of sp³-hybridized carbons (Fsp3) is 0.400. The molecule has 0 fully saturated rings. The van der Waals surface area contributed by atoms with Crippen molar-refractivity contribution in [2.75, 3.05) is 19.1 Å². The lowest BCUT2D eigenvalue weighted by atomic mass is 10.1. The average Bonchev–Trinajstić information content (AvgIpc) is 2.27. The van der Waals surface area contributed by atoms with Gasteiger partial charge in [0.2, 0.25) is 0 Å². The summed E-state index contributed by atoms with van der Waals surface area (Å²) in [5.41, 5.74) is 1.06. The number of nitrogens with zero attached hydrogens (tertiary/aromatic N) is 1. The molecular formula is C10H17NO4P2. The molecule has 0 saturated carbocycles. The Hall–Kier alpha value is -0.280. The summed E-state index contributed by atoms with van der Waals surface area (Å²) < 4.78 is 0. The lowest BCUT2D eigenvalue weighted by Crippen LogP contribution is -2.25. The van der Waals surface area contributed by atoms with Crippen LogP contribution in [-0.4, -0.2) is 43.8 Å². The summed E-state index contributed by atoms with van der Waals surface area (Å²) >= 11 is 0. The van der Waals surface area contributed by atoms with E-state index < -0.39 is 8.38 Å². The molecule has 96 valence electrons. The zero-order chi connectivity index (χ0) is 12.7. The Morgan fingerprint density at radius 3 is 2.35 bits per heavy atom. The third-order valence-electron chi connectivity index (χ3n) is 2.27. The van der Waals surface area contributed by atoms with E-state index in [1.165, 1.54) is 0 Å². The molecule has 0 saturated heterocycles. The van der Waals surface area contributed by atoms with Crippen LogP contribution in [0.2, 0.25) is 0 Å². The van der Waals surface area contributed by atoms with E-state index in [-0.39, 0.29) is 20.8 Å². The van der Waals surface area contributed by atoms with Gasteiger partial charge in [0.05, 0.1) is 6.29 Å². The fourth-order valence-electron chi connectivity index (χ4n) is 1.43. The SMILES string of the molecule is OPCN(CCc1ccc(O)cc1)CP(O)O. The Balaban J connectivity index is 2.42. The molecule has 17 heavy (non-hydrogen) atoms. The summed E-state index contributed by atoms with van der Waals surface area (Å²) in [4.78, 5) is 28.6. The normalized spacial score (nSPS) is 12.1. The third kappa shape index (κ3) is 6.27. The molecule has 1 unspecified atom stereocenters. The van der Waals surface area contributed by atoms with Crippen LogP contribution in [0.15, 0.2) is 24.3 Å². The molecule has 1 rings (SSSR count). The monoisotopic (exact) mass is 277 g/mol. The molecule has 0 amide bonds. The molecule has 0 bridgehead atoms. The molecular weight excluding hydrogens is 260 g/mol. The molecule has 0 aliphatic heterocycles. The first kappa shape index (κ1) is 14.8. The maximum absolute atomic E-state index is 9.13. The maximum atomic E-state index is 9.13. The molecule has 0 aliphatic carbocycles. The highest BCUT2D eigenvalue weighted by atomic mass is 31.2. The molecule has 4 N–H and O–H groups in total. The van der Waals surface area contributed by atoms with E-state index in [0.29, 0.717) is 12.8 Å². The van der Waals surface area contributed by atoms with Gasteiger partial charge in [0.15, 0.2) is 8.38 Å². The second kappa shape index (κ2) is 7.93. The summed E-state index contributed by atoms with van der Waals surface area (Å²) in [7, 11) is -2.18. The third-order valence-corrected chi connectivity index (χ3v) is 3.52. The number of phenolic OH excluding ortho intramolecular Hbond substituents is 1. The number of hydrogen-bond donors (Lipinski definition) is 4. The molecule has 0 aliphatic rings. The molecule has 5 nitrogen and oxygen atoms in total. The minimum absolute atomic E-state index is 0.195. The van der Waals surface area contributed by atoms with Crippen LogP contribution >= 0.6 is 17.2 Å². The maximum Gasteiger partial charge on any atom is 0.180 e. The first-order valence-corrected chi connectivity index (χ1v) is 7.73. The average molecular weight is 277 g/mol. The van der Waals surface area contributed by atoms with Crippen molar-refractivity contribution in [1.82, 2.24) is 4.90 Å². The molecule has 1 aromatic carbocycles. The Labute approximate surface area is 104 Å². The van der Waals surface area contributed by atoms with Gasteiger partial charge in [-0.05, 0) is 24.1 Å². The Bertz CT molecular complexity index is 321. The summed E-state index contributed by atoms with van der Waals surface area (Å²) in [6.07, 6.45) is 1.40. The smallest absolute Gasteiger partial charge is 0.180 e. The van der Waals surface area contributed by atoms with Gasteiger partial charge in [-0.3, -0.25) is 4.90 Å². The van der Waals surface area contributed by atoms with Gasteiger partial charge in [0.1, 0.15) is 5.75 Å². The van der Waals surface area contributed by atoms with E-state index >= 15 is 0 Å². The van der Waals surface area contributed by atoms with Crippen molar-refractivity contribution < 1.29 is 19.8 Å². The molecule has 0 radical (unpaired) electrons. The molecule has 0 spiro atoms. The zero-order valence-corrected chi connectivity index (χ0v) is 11.2. The largest absolute Gasteiger partial charge is 0.508 e. The number of aromatic hydroxyl groups is 1. The number of rotatable bonds is 7. The second-order valence-electron chi connectivity index (χ2n) is 3.64. The van der Waals surface area contributed by atoms with Gasteiger partial charge in [-0.15, -0.1) is 0 Å². The molecule has 1 atom stereocenters. The van der Waals surface area contributed by atoms with Crippen LogP contribution in [0.25, 0.3) is 0 Å². The van der Waals surface area contributed by atoms with Crippen LogP contribution in [-0.2, 0) is 6.42 Å². The highest BCUT2D eigenvalue weighted by molar-refractivity contribution is 7.45. The van der Waals surface area contributed by atoms with E-state index in [1.54, 1.807) is 12.1 Å². The second-order valence-corrected chi connectivity index (χ2v) is 5.30. The van der Waals surface area contributed by atoms with E-state index in [9.17, 15) is 0 Å². The number of hydrogen-bond acceptors (Lipinski definition) is 5. The standard InChI is InChI=1S/C10H17NO4P2/c12-10-3-1-9(2-4-10)5-6-11(7-16-13)8-17(14)15/h1-4,12-16H,5-8H2. The molecule has 0 heterocycles. The van der Waals surface area contributed by atoms with E-state index in [4.69, 9.17) is 19.8 Å². The van der Waals surface area contributed by atoms with E-state index in [1.807, 2.05) is 17.0 Å². The van der Waals surface area contributed by atoms with Gasteiger partial charge in [-0.2, -0.15) is 0 Å². The minimum atomic E-state index is -1.96. The van der Waals surface area contributed by atoms with E-state index in [2.05, 4.69) is 0 Å². The summed E-state index contributed by atoms with van der Waals surface area (Å²) in [5.74, 6) is 0.233. The van der Waals surface area contributed by atoms with Gasteiger partial charge in [0.25, 0.3) is 0 Å². The van der Waals surface area contributed by atoms with Crippen molar-refractivity contribution in [3.63, 3.8) is 0 Å². The fourth-order valence-corrected chi connectivity index (χ4v) is 2.69. The van der Waals surface area contributed by atoms with Crippen LogP contribution in [0, 0.1) is 0 Å². The Morgan fingerprint density at radius 2 is 1.82 bits per heavy atom. The first-order chi connectivity index (χ1) is 8.11. The van der Waals surface area contributed by atoms with Crippen molar-refractivity contribution in [2.45, 2.75) is 6.42 Å². The van der Waals surface area contributed by atoms with Crippen molar-refractivity contribution in [3.05, 3.63) is 29.8 Å². The quantitative estimate of drug-likeness (QED) is 0.560. The van der Waals surface area contributed by atoms with Crippen molar-refractivity contribution in [2.24, 2.45) is 0 Å². The van der Waals surface area contributed by atoms with Crippen molar-refractivity contribution in [3.8, 4) is 5.75 Å². The molecule has 7 heteroatoms. The number of phenols is 1. The van der Waals surface area contributed by atoms with Gasteiger partial charge in [0, 0.05) is 21.6 Å². The number of benzene rings is 1. The minimum Gasteiger partial charge on any atom is -0.508 e. The van der Waals surface area contributed by atoms with Crippen LogP contribution in [0.1, 0.15) is 5.56 Å². The van der Waals surface area contributed by atoms with Crippen LogP contribution in [0.4, 0.5) is 0 Å². The summed E-state index contributed by atoms with van der Waals surface area (Å²) in [6.45, 7) is 0.651. The Kier molecular flexibility index (Phi) is 6.90. The zero-order valence-electron chi connectivity index (χ0n) is 9.32. The molecule has 1 aromatic rings.